The molecule has 4 heteroatoms. The van der Waals surface area contributed by atoms with Crippen molar-refractivity contribution in [2.45, 2.75) is 58.0 Å². The molecule has 2 amide bonds. The van der Waals surface area contributed by atoms with E-state index in [2.05, 4.69) is 12.2 Å². The molecule has 0 unspecified atom stereocenters. The summed E-state index contributed by atoms with van der Waals surface area (Å²) in [6, 6.07) is 7.54. The molecule has 0 spiro atoms. The second-order valence-electron chi connectivity index (χ2n) is 6.69. The van der Waals surface area contributed by atoms with Crippen LogP contribution in [-0.4, -0.2) is 23.9 Å². The molecule has 2 aliphatic rings. The summed E-state index contributed by atoms with van der Waals surface area (Å²) in [7, 11) is 0. The summed E-state index contributed by atoms with van der Waals surface area (Å²) >= 11 is 0. The van der Waals surface area contributed by atoms with Crippen LogP contribution in [0, 0.1) is 12.8 Å². The number of benzene rings is 1. The van der Waals surface area contributed by atoms with Gasteiger partial charge in [0.05, 0.1) is 18.2 Å². The van der Waals surface area contributed by atoms with Crippen molar-refractivity contribution in [1.29, 1.82) is 0 Å². The topological polar surface area (TPSA) is 49.4 Å². The summed E-state index contributed by atoms with van der Waals surface area (Å²) in [4.78, 5) is 26.2. The van der Waals surface area contributed by atoms with Crippen LogP contribution >= 0.6 is 0 Å². The highest BCUT2D eigenvalue weighted by Gasteiger charge is 2.41. The van der Waals surface area contributed by atoms with Gasteiger partial charge in [0.2, 0.25) is 5.91 Å². The normalized spacial score (nSPS) is 29.2. The van der Waals surface area contributed by atoms with Gasteiger partial charge in [-0.1, -0.05) is 37.5 Å². The Morgan fingerprint density at radius 3 is 2.45 bits per heavy atom. The molecule has 1 aromatic carbocycles. The maximum atomic E-state index is 12.6. The molecule has 1 aliphatic carbocycles. The average Bonchev–Trinajstić information content (AvgIpc) is 2.77. The molecular weight excluding hydrogens is 276 g/mol. The molecule has 0 aromatic heterocycles. The van der Waals surface area contributed by atoms with Gasteiger partial charge in [-0.25, -0.2) is 4.90 Å². The van der Waals surface area contributed by atoms with Crippen molar-refractivity contribution >= 4 is 17.5 Å². The van der Waals surface area contributed by atoms with Crippen LogP contribution < -0.4 is 10.2 Å². The number of hydrogen-bond donors (Lipinski definition) is 1. The fraction of sp³-hybridized carbons (Fsp3) is 0.556. The third-order valence-electron chi connectivity index (χ3n) is 4.97. The first-order chi connectivity index (χ1) is 10.6. The quantitative estimate of drug-likeness (QED) is 0.873. The second kappa shape index (κ2) is 6.21. The van der Waals surface area contributed by atoms with Gasteiger partial charge in [0.1, 0.15) is 0 Å². The highest BCUT2D eigenvalue weighted by Crippen LogP contribution is 2.27. The van der Waals surface area contributed by atoms with Crippen LogP contribution in [0.3, 0.4) is 0 Å². The monoisotopic (exact) mass is 300 g/mol. The smallest absolute Gasteiger partial charge is 0.251 e. The maximum absolute atomic E-state index is 12.6. The Bertz CT molecular complexity index is 567. The number of hydrogen-bond acceptors (Lipinski definition) is 3. The van der Waals surface area contributed by atoms with Gasteiger partial charge in [0.15, 0.2) is 0 Å². The van der Waals surface area contributed by atoms with E-state index in [1.807, 2.05) is 31.2 Å². The first kappa shape index (κ1) is 15.2. The molecule has 1 saturated carbocycles. The van der Waals surface area contributed by atoms with Gasteiger partial charge >= 0.3 is 0 Å². The standard InChI is InChI=1S/C18H24N2O2/c1-12-7-9-14(10-8-12)20-17(21)11-16(18(20)22)19-15-6-4-3-5-13(15)2/h7-10,13,15-16,19H,3-6,11H2,1-2H3/t13-,15+,16+/m0/s1. The SMILES string of the molecule is Cc1ccc(N2C(=O)C[C@@H](N[C@@H]3CCCC[C@@H]3C)C2=O)cc1. The Morgan fingerprint density at radius 2 is 1.77 bits per heavy atom. The lowest BCUT2D eigenvalue weighted by atomic mass is 9.85. The first-order valence-electron chi connectivity index (χ1n) is 8.26. The minimum atomic E-state index is -0.362. The van der Waals surface area contributed by atoms with E-state index in [0.717, 1.165) is 12.0 Å². The van der Waals surface area contributed by atoms with Crippen LogP contribution in [0.4, 0.5) is 5.69 Å². The lowest BCUT2D eigenvalue weighted by Gasteiger charge is -2.31. The van der Waals surface area contributed by atoms with Crippen molar-refractivity contribution in [3.63, 3.8) is 0 Å². The van der Waals surface area contributed by atoms with E-state index in [0.29, 0.717) is 17.6 Å². The van der Waals surface area contributed by atoms with Gasteiger partial charge in [-0.3, -0.25) is 9.59 Å². The number of imide groups is 1. The van der Waals surface area contributed by atoms with Gasteiger partial charge in [-0.05, 0) is 37.8 Å². The molecule has 3 atom stereocenters. The Kier molecular flexibility index (Phi) is 4.30. The maximum Gasteiger partial charge on any atom is 0.251 e. The molecule has 4 nitrogen and oxygen atoms in total. The molecule has 22 heavy (non-hydrogen) atoms. The lowest BCUT2D eigenvalue weighted by Crippen LogP contribution is -2.47. The summed E-state index contributed by atoms with van der Waals surface area (Å²) in [6.07, 6.45) is 5.05. The molecule has 1 aromatic rings. The highest BCUT2D eigenvalue weighted by molar-refractivity contribution is 6.22. The zero-order valence-corrected chi connectivity index (χ0v) is 13.3. The van der Waals surface area contributed by atoms with E-state index in [9.17, 15) is 9.59 Å². The minimum absolute atomic E-state index is 0.102. The third-order valence-corrected chi connectivity index (χ3v) is 4.97. The fourth-order valence-corrected chi connectivity index (χ4v) is 3.55. The Balaban J connectivity index is 1.72. The van der Waals surface area contributed by atoms with Gasteiger partial charge in [-0.15, -0.1) is 0 Å². The van der Waals surface area contributed by atoms with Gasteiger partial charge in [-0.2, -0.15) is 0 Å². The molecule has 1 saturated heterocycles. The third kappa shape index (κ3) is 2.93. The van der Waals surface area contributed by atoms with Crippen LogP contribution in [0.15, 0.2) is 24.3 Å². The number of nitrogens with zero attached hydrogens (tertiary/aromatic N) is 1. The van der Waals surface area contributed by atoms with Crippen LogP contribution in [0.2, 0.25) is 0 Å². The Hall–Kier alpha value is -1.68. The molecule has 2 fully saturated rings. The first-order valence-corrected chi connectivity index (χ1v) is 8.26. The van der Waals surface area contributed by atoms with E-state index < -0.39 is 0 Å². The van der Waals surface area contributed by atoms with Crippen molar-refractivity contribution in [2.24, 2.45) is 5.92 Å². The number of rotatable bonds is 3. The van der Waals surface area contributed by atoms with Crippen molar-refractivity contribution in [1.82, 2.24) is 5.32 Å². The number of carbonyl (C=O) groups is 2. The Labute approximate surface area is 131 Å². The molecule has 3 rings (SSSR count). The van der Waals surface area contributed by atoms with Crippen molar-refractivity contribution in [3.8, 4) is 0 Å². The summed E-state index contributed by atoms with van der Waals surface area (Å²) in [5.41, 5.74) is 1.80. The van der Waals surface area contributed by atoms with Crippen LogP contribution in [0.5, 0.6) is 0 Å². The lowest BCUT2D eigenvalue weighted by molar-refractivity contribution is -0.121. The van der Waals surface area contributed by atoms with Crippen LogP contribution in [0.1, 0.15) is 44.6 Å². The predicted molar refractivity (Wildman–Crippen MR) is 86.6 cm³/mol. The van der Waals surface area contributed by atoms with Crippen molar-refractivity contribution in [2.75, 3.05) is 4.90 Å². The molecule has 0 radical (unpaired) electrons. The van der Waals surface area contributed by atoms with Gasteiger partial charge in [0.25, 0.3) is 5.91 Å². The largest absolute Gasteiger partial charge is 0.302 e. The van der Waals surface area contributed by atoms with E-state index in [4.69, 9.17) is 0 Å². The predicted octanol–water partition coefficient (Wildman–Crippen LogP) is 2.80. The van der Waals surface area contributed by atoms with Gasteiger partial charge in [0, 0.05) is 6.04 Å². The second-order valence-corrected chi connectivity index (χ2v) is 6.69. The summed E-state index contributed by atoms with van der Waals surface area (Å²) in [5, 5.41) is 3.45. The molecule has 1 N–H and O–H groups in total. The number of nitrogens with one attached hydrogen (secondary N) is 1. The minimum Gasteiger partial charge on any atom is -0.302 e. The average molecular weight is 300 g/mol. The van der Waals surface area contributed by atoms with Crippen LogP contribution in [0.25, 0.3) is 0 Å². The molecule has 118 valence electrons. The van der Waals surface area contributed by atoms with E-state index in [1.54, 1.807) is 0 Å². The fourth-order valence-electron chi connectivity index (χ4n) is 3.55. The number of anilines is 1. The summed E-state index contributed by atoms with van der Waals surface area (Å²) < 4.78 is 0. The number of amides is 2. The number of aryl methyl sites for hydroxylation is 1. The van der Waals surface area contributed by atoms with Gasteiger partial charge < -0.3 is 5.32 Å². The molecular formula is C18H24N2O2. The number of carbonyl (C=O) groups excluding carboxylic acids is 2. The van der Waals surface area contributed by atoms with Crippen molar-refractivity contribution in [3.05, 3.63) is 29.8 Å². The molecule has 0 bridgehead atoms. The summed E-state index contributed by atoms with van der Waals surface area (Å²) in [5.74, 6) is 0.367. The van der Waals surface area contributed by atoms with Crippen molar-refractivity contribution < 1.29 is 9.59 Å². The van der Waals surface area contributed by atoms with Crippen LogP contribution in [-0.2, 0) is 9.59 Å². The molecule has 1 heterocycles. The highest BCUT2D eigenvalue weighted by atomic mass is 16.2. The zero-order chi connectivity index (χ0) is 15.7. The zero-order valence-electron chi connectivity index (χ0n) is 13.3. The van der Waals surface area contributed by atoms with E-state index >= 15 is 0 Å². The summed E-state index contributed by atoms with van der Waals surface area (Å²) in [6.45, 7) is 4.22. The molecule has 1 aliphatic heterocycles. The Morgan fingerprint density at radius 1 is 1.09 bits per heavy atom. The van der Waals surface area contributed by atoms with E-state index in [-0.39, 0.29) is 24.3 Å². The van der Waals surface area contributed by atoms with E-state index in [1.165, 1.54) is 24.2 Å².